The van der Waals surface area contributed by atoms with E-state index < -0.39 is 0 Å². The molecule has 0 aliphatic rings. The molecule has 0 aliphatic heterocycles. The van der Waals surface area contributed by atoms with Crippen molar-refractivity contribution in [1.82, 2.24) is 0 Å². The van der Waals surface area contributed by atoms with Gasteiger partial charge in [-0.15, -0.1) is 0 Å². The van der Waals surface area contributed by atoms with Crippen LogP contribution in [0.5, 0.6) is 11.5 Å². The Morgan fingerprint density at radius 3 is 2.57 bits per heavy atom. The standard InChI is InChI=1S/C19H17NO2S/c1-21-18-11-14(19(20)23)9-10-17(18)22-12-15-7-4-6-13-5-2-3-8-16(13)15/h2-11H,12H2,1H3,(H2,20,23). The lowest BCUT2D eigenvalue weighted by atomic mass is 10.1. The average molecular weight is 323 g/mol. The Labute approximate surface area is 140 Å². The highest BCUT2D eigenvalue weighted by atomic mass is 32.1. The second-order valence-electron chi connectivity index (χ2n) is 5.16. The van der Waals surface area contributed by atoms with Crippen LogP contribution in [0, 0.1) is 0 Å². The quantitative estimate of drug-likeness (QED) is 0.719. The second kappa shape index (κ2) is 6.67. The molecule has 3 aromatic rings. The highest BCUT2D eigenvalue weighted by molar-refractivity contribution is 7.80. The molecule has 0 heterocycles. The van der Waals surface area contributed by atoms with Crippen molar-refractivity contribution in [3.05, 3.63) is 71.8 Å². The van der Waals surface area contributed by atoms with Crippen molar-refractivity contribution < 1.29 is 9.47 Å². The first kappa shape index (κ1) is 15.3. The minimum Gasteiger partial charge on any atom is -0.493 e. The van der Waals surface area contributed by atoms with Gasteiger partial charge < -0.3 is 15.2 Å². The summed E-state index contributed by atoms with van der Waals surface area (Å²) in [6.07, 6.45) is 0. The van der Waals surface area contributed by atoms with Gasteiger partial charge in [0.25, 0.3) is 0 Å². The third-order valence-electron chi connectivity index (χ3n) is 3.71. The van der Waals surface area contributed by atoms with E-state index in [1.165, 1.54) is 10.8 Å². The summed E-state index contributed by atoms with van der Waals surface area (Å²) in [6, 6.07) is 19.9. The van der Waals surface area contributed by atoms with Crippen molar-refractivity contribution in [3.63, 3.8) is 0 Å². The van der Waals surface area contributed by atoms with E-state index in [9.17, 15) is 0 Å². The van der Waals surface area contributed by atoms with Crippen molar-refractivity contribution in [2.45, 2.75) is 6.61 Å². The Kier molecular flexibility index (Phi) is 4.44. The predicted molar refractivity (Wildman–Crippen MR) is 97.2 cm³/mol. The van der Waals surface area contributed by atoms with Gasteiger partial charge in [0.1, 0.15) is 11.6 Å². The van der Waals surface area contributed by atoms with Crippen molar-refractivity contribution >= 4 is 28.0 Å². The molecular weight excluding hydrogens is 306 g/mol. The summed E-state index contributed by atoms with van der Waals surface area (Å²) in [5, 5.41) is 2.39. The maximum absolute atomic E-state index is 5.95. The Bertz CT molecular complexity index is 856. The fourth-order valence-electron chi connectivity index (χ4n) is 2.51. The zero-order chi connectivity index (χ0) is 16.2. The molecule has 0 saturated heterocycles. The third kappa shape index (κ3) is 3.27. The van der Waals surface area contributed by atoms with Crippen LogP contribution in [0.3, 0.4) is 0 Å². The van der Waals surface area contributed by atoms with E-state index in [1.54, 1.807) is 13.2 Å². The van der Waals surface area contributed by atoms with Crippen LogP contribution in [0.2, 0.25) is 0 Å². The zero-order valence-electron chi connectivity index (χ0n) is 12.8. The molecule has 0 aromatic heterocycles. The number of benzene rings is 3. The van der Waals surface area contributed by atoms with Gasteiger partial charge in [-0.1, -0.05) is 54.7 Å². The second-order valence-corrected chi connectivity index (χ2v) is 5.60. The van der Waals surface area contributed by atoms with Gasteiger partial charge in [0, 0.05) is 5.56 Å². The van der Waals surface area contributed by atoms with E-state index >= 15 is 0 Å². The molecule has 0 saturated carbocycles. The lowest BCUT2D eigenvalue weighted by Gasteiger charge is -2.13. The van der Waals surface area contributed by atoms with Gasteiger partial charge in [0.2, 0.25) is 0 Å². The van der Waals surface area contributed by atoms with Gasteiger partial charge in [-0.2, -0.15) is 0 Å². The molecule has 3 rings (SSSR count). The van der Waals surface area contributed by atoms with Gasteiger partial charge in [-0.3, -0.25) is 0 Å². The molecule has 4 heteroatoms. The van der Waals surface area contributed by atoms with Gasteiger partial charge in [-0.25, -0.2) is 0 Å². The van der Waals surface area contributed by atoms with Crippen molar-refractivity contribution in [2.24, 2.45) is 5.73 Å². The predicted octanol–water partition coefficient (Wildman–Crippen LogP) is 4.06. The van der Waals surface area contributed by atoms with Crippen molar-refractivity contribution in [1.29, 1.82) is 0 Å². The first-order valence-corrected chi connectivity index (χ1v) is 7.67. The summed E-state index contributed by atoms with van der Waals surface area (Å²) in [5.41, 5.74) is 7.54. The van der Waals surface area contributed by atoms with Gasteiger partial charge in [-0.05, 0) is 34.5 Å². The molecule has 0 spiro atoms. The fourth-order valence-corrected chi connectivity index (χ4v) is 2.64. The summed E-state index contributed by atoms with van der Waals surface area (Å²) in [6.45, 7) is 0.462. The van der Waals surface area contributed by atoms with Crippen LogP contribution in [0.25, 0.3) is 10.8 Å². The van der Waals surface area contributed by atoms with Crippen molar-refractivity contribution in [3.8, 4) is 11.5 Å². The number of methoxy groups -OCH3 is 1. The fraction of sp³-hybridized carbons (Fsp3) is 0.105. The minimum absolute atomic E-state index is 0.337. The van der Waals surface area contributed by atoms with Gasteiger partial charge >= 0.3 is 0 Å². The number of rotatable bonds is 5. The molecule has 3 aromatic carbocycles. The Balaban J connectivity index is 1.86. The van der Waals surface area contributed by atoms with Crippen LogP contribution in [-0.4, -0.2) is 12.1 Å². The number of nitrogens with two attached hydrogens (primary N) is 1. The van der Waals surface area contributed by atoms with Crippen LogP contribution < -0.4 is 15.2 Å². The molecular formula is C19H17NO2S. The summed E-state index contributed by atoms with van der Waals surface area (Å²) < 4.78 is 11.3. The molecule has 0 atom stereocenters. The Morgan fingerprint density at radius 2 is 1.78 bits per heavy atom. The molecule has 0 amide bonds. The zero-order valence-corrected chi connectivity index (χ0v) is 13.6. The molecule has 0 radical (unpaired) electrons. The number of fused-ring (bicyclic) bond motifs is 1. The van der Waals surface area contributed by atoms with Gasteiger partial charge in [0.15, 0.2) is 11.5 Å². The molecule has 2 N–H and O–H groups in total. The summed E-state index contributed by atoms with van der Waals surface area (Å²) in [5.74, 6) is 1.29. The summed E-state index contributed by atoms with van der Waals surface area (Å²) in [7, 11) is 1.60. The highest BCUT2D eigenvalue weighted by Gasteiger charge is 2.08. The van der Waals surface area contributed by atoms with Crippen LogP contribution in [-0.2, 0) is 6.61 Å². The van der Waals surface area contributed by atoms with E-state index in [-0.39, 0.29) is 0 Å². The number of thiocarbonyl (C=S) groups is 1. The van der Waals surface area contributed by atoms with E-state index in [1.807, 2.05) is 30.3 Å². The third-order valence-corrected chi connectivity index (χ3v) is 3.95. The van der Waals surface area contributed by atoms with Crippen LogP contribution in [0.1, 0.15) is 11.1 Å². The Hall–Kier alpha value is -2.59. The maximum Gasteiger partial charge on any atom is 0.161 e. The molecule has 0 unspecified atom stereocenters. The van der Waals surface area contributed by atoms with Gasteiger partial charge in [0.05, 0.1) is 7.11 Å². The van der Waals surface area contributed by atoms with E-state index in [0.717, 1.165) is 11.1 Å². The van der Waals surface area contributed by atoms with E-state index in [4.69, 9.17) is 27.4 Å². The molecule has 3 nitrogen and oxygen atoms in total. The topological polar surface area (TPSA) is 44.5 Å². The summed E-state index contributed by atoms with van der Waals surface area (Å²) >= 11 is 4.99. The Morgan fingerprint density at radius 1 is 1.00 bits per heavy atom. The lowest BCUT2D eigenvalue weighted by Crippen LogP contribution is -2.09. The van der Waals surface area contributed by atoms with Crippen LogP contribution >= 0.6 is 12.2 Å². The van der Waals surface area contributed by atoms with Crippen molar-refractivity contribution in [2.75, 3.05) is 7.11 Å². The van der Waals surface area contributed by atoms with E-state index in [2.05, 4.69) is 24.3 Å². The summed E-state index contributed by atoms with van der Waals surface area (Å²) in [4.78, 5) is 0.337. The lowest BCUT2D eigenvalue weighted by molar-refractivity contribution is 0.285. The SMILES string of the molecule is COc1cc(C(N)=S)ccc1OCc1cccc2ccccc12. The van der Waals surface area contributed by atoms with E-state index in [0.29, 0.717) is 23.1 Å². The normalized spacial score (nSPS) is 10.5. The molecule has 23 heavy (non-hydrogen) atoms. The first-order valence-electron chi connectivity index (χ1n) is 7.26. The highest BCUT2D eigenvalue weighted by Crippen LogP contribution is 2.29. The minimum atomic E-state index is 0.337. The smallest absolute Gasteiger partial charge is 0.161 e. The first-order chi connectivity index (χ1) is 11.2. The number of hydrogen-bond acceptors (Lipinski definition) is 3. The molecule has 0 bridgehead atoms. The maximum atomic E-state index is 5.95. The molecule has 0 aliphatic carbocycles. The van der Waals surface area contributed by atoms with Crippen LogP contribution in [0.15, 0.2) is 60.7 Å². The van der Waals surface area contributed by atoms with Crippen LogP contribution in [0.4, 0.5) is 0 Å². The number of ether oxygens (including phenoxy) is 2. The largest absolute Gasteiger partial charge is 0.493 e. The molecule has 116 valence electrons. The monoisotopic (exact) mass is 323 g/mol. The molecule has 0 fully saturated rings. The number of hydrogen-bond donors (Lipinski definition) is 1. The average Bonchev–Trinajstić information content (AvgIpc) is 2.59.